The van der Waals surface area contributed by atoms with Gasteiger partial charge in [-0.25, -0.2) is 12.8 Å². The van der Waals surface area contributed by atoms with E-state index in [-0.39, 0.29) is 23.9 Å². The summed E-state index contributed by atoms with van der Waals surface area (Å²) >= 11 is 0. The maximum Gasteiger partial charge on any atom is 0.243 e. The molecule has 148 valence electrons. The number of rotatable bonds is 3. The first-order valence-corrected chi connectivity index (χ1v) is 10.6. The van der Waals surface area contributed by atoms with Gasteiger partial charge in [0.1, 0.15) is 5.82 Å². The molecule has 1 atom stereocenters. The van der Waals surface area contributed by atoms with Crippen molar-refractivity contribution >= 4 is 21.6 Å². The third kappa shape index (κ3) is 3.21. The molecule has 0 saturated carbocycles. The topological polar surface area (TPSA) is 60.9 Å². The predicted molar refractivity (Wildman–Crippen MR) is 104 cm³/mol. The molecule has 6 nitrogen and oxygen atoms in total. The molecule has 2 fully saturated rings. The Labute approximate surface area is 164 Å². The van der Waals surface area contributed by atoms with E-state index in [4.69, 9.17) is 0 Å². The highest BCUT2D eigenvalue weighted by molar-refractivity contribution is 7.89. The summed E-state index contributed by atoms with van der Waals surface area (Å²) in [6, 6.07) is 14.5. The van der Waals surface area contributed by atoms with E-state index in [1.54, 1.807) is 4.90 Å². The molecule has 0 bridgehead atoms. The molecule has 2 aromatic rings. The van der Waals surface area contributed by atoms with Crippen LogP contribution in [-0.2, 0) is 14.8 Å². The Bertz CT molecular complexity index is 999. The Morgan fingerprint density at radius 1 is 1.04 bits per heavy atom. The minimum atomic E-state index is -3.79. The van der Waals surface area contributed by atoms with Crippen LogP contribution in [0.25, 0.3) is 0 Å². The van der Waals surface area contributed by atoms with Crippen molar-refractivity contribution in [3.63, 3.8) is 0 Å². The van der Waals surface area contributed by atoms with Crippen molar-refractivity contribution in [2.75, 3.05) is 38.1 Å². The number of anilines is 1. The summed E-state index contributed by atoms with van der Waals surface area (Å²) in [5, 5.41) is 0. The molecule has 2 aliphatic heterocycles. The van der Waals surface area contributed by atoms with Crippen LogP contribution >= 0.6 is 0 Å². The van der Waals surface area contributed by atoms with E-state index < -0.39 is 21.4 Å². The number of para-hydroxylation sites is 1. The number of carbonyl (C=O) groups is 1. The highest BCUT2D eigenvalue weighted by atomic mass is 32.2. The van der Waals surface area contributed by atoms with Crippen LogP contribution in [0.5, 0.6) is 0 Å². The Hall–Kier alpha value is -2.29. The quantitative estimate of drug-likeness (QED) is 0.786. The fourth-order valence-corrected chi connectivity index (χ4v) is 5.60. The molecule has 4 rings (SSSR count). The number of benzene rings is 2. The van der Waals surface area contributed by atoms with Crippen molar-refractivity contribution < 1.29 is 17.6 Å². The number of carbonyl (C=O) groups excluding carboxylic acids is 1. The number of nitrogens with zero attached hydrogens (tertiary/aromatic N) is 3. The zero-order valence-corrected chi connectivity index (χ0v) is 16.4. The zero-order chi connectivity index (χ0) is 19.9. The Kier molecular flexibility index (Phi) is 4.73. The van der Waals surface area contributed by atoms with Gasteiger partial charge in [-0.3, -0.25) is 9.69 Å². The molecule has 1 amide bonds. The van der Waals surface area contributed by atoms with Gasteiger partial charge in [-0.1, -0.05) is 24.3 Å². The molecule has 2 aliphatic rings. The van der Waals surface area contributed by atoms with E-state index in [1.807, 2.05) is 42.3 Å². The summed E-state index contributed by atoms with van der Waals surface area (Å²) in [6.07, 6.45) is 0.606. The number of hydrogen-bond donors (Lipinski definition) is 0. The molecule has 2 saturated heterocycles. The number of amides is 1. The van der Waals surface area contributed by atoms with E-state index in [0.29, 0.717) is 19.5 Å². The van der Waals surface area contributed by atoms with Crippen molar-refractivity contribution in [2.45, 2.75) is 16.9 Å². The first-order chi connectivity index (χ1) is 13.3. The monoisotopic (exact) mass is 403 g/mol. The average molecular weight is 403 g/mol. The van der Waals surface area contributed by atoms with Gasteiger partial charge < -0.3 is 4.90 Å². The third-order valence-corrected chi connectivity index (χ3v) is 7.58. The summed E-state index contributed by atoms with van der Waals surface area (Å²) in [5.41, 5.74) is 0.343. The molecule has 0 unspecified atom stereocenters. The molecule has 1 spiro atoms. The van der Waals surface area contributed by atoms with Gasteiger partial charge >= 0.3 is 0 Å². The van der Waals surface area contributed by atoms with Gasteiger partial charge in [-0.05, 0) is 43.8 Å². The molecule has 2 aromatic carbocycles. The summed E-state index contributed by atoms with van der Waals surface area (Å²) in [5.74, 6) is -0.587. The van der Waals surface area contributed by atoms with Gasteiger partial charge in [0, 0.05) is 25.3 Å². The Morgan fingerprint density at radius 3 is 2.50 bits per heavy atom. The van der Waals surface area contributed by atoms with E-state index in [9.17, 15) is 17.6 Å². The van der Waals surface area contributed by atoms with Crippen molar-refractivity contribution in [1.82, 2.24) is 9.21 Å². The molecule has 8 heteroatoms. The van der Waals surface area contributed by atoms with Gasteiger partial charge in [0.15, 0.2) is 0 Å². The largest absolute Gasteiger partial charge is 0.309 e. The first kappa shape index (κ1) is 19.0. The van der Waals surface area contributed by atoms with Crippen LogP contribution in [0.15, 0.2) is 59.5 Å². The number of piperazine rings is 1. The van der Waals surface area contributed by atoms with Crippen molar-refractivity contribution in [3.8, 4) is 0 Å². The lowest BCUT2D eigenvalue weighted by molar-refractivity contribution is -0.123. The minimum absolute atomic E-state index is 0.00855. The summed E-state index contributed by atoms with van der Waals surface area (Å²) in [6.45, 7) is 1.24. The Balaban J connectivity index is 1.61. The van der Waals surface area contributed by atoms with Gasteiger partial charge in [-0.15, -0.1) is 0 Å². The van der Waals surface area contributed by atoms with Crippen LogP contribution in [0.1, 0.15) is 6.42 Å². The van der Waals surface area contributed by atoms with E-state index in [0.717, 1.165) is 11.8 Å². The van der Waals surface area contributed by atoms with Gasteiger partial charge in [0.2, 0.25) is 15.9 Å². The smallest absolute Gasteiger partial charge is 0.243 e. The lowest BCUT2D eigenvalue weighted by atomic mass is 9.92. The zero-order valence-electron chi connectivity index (χ0n) is 15.6. The molecule has 0 aliphatic carbocycles. The Morgan fingerprint density at radius 2 is 1.79 bits per heavy atom. The van der Waals surface area contributed by atoms with E-state index >= 15 is 0 Å². The molecule has 0 N–H and O–H groups in total. The number of halogens is 1. The molecule has 0 radical (unpaired) electrons. The van der Waals surface area contributed by atoms with Gasteiger partial charge in [-0.2, -0.15) is 4.31 Å². The molecular formula is C20H22FN3O3S. The van der Waals surface area contributed by atoms with Crippen LogP contribution in [0, 0.1) is 5.82 Å². The standard InChI is InChI=1S/C20H22FN3O3S/c1-22-13-19(25)24(17-7-3-2-4-8-17)15-20(22)10-11-23(14-20)28(26,27)18-9-5-6-16(21)12-18/h2-9,12H,10-11,13-15H2,1H3/t20-/m1/s1. The van der Waals surface area contributed by atoms with Crippen molar-refractivity contribution in [3.05, 3.63) is 60.4 Å². The van der Waals surface area contributed by atoms with E-state index in [2.05, 4.69) is 0 Å². The lowest BCUT2D eigenvalue weighted by Crippen LogP contribution is -2.64. The maximum atomic E-state index is 13.5. The van der Waals surface area contributed by atoms with Crippen molar-refractivity contribution in [1.29, 1.82) is 0 Å². The molecular weight excluding hydrogens is 381 g/mol. The minimum Gasteiger partial charge on any atom is -0.309 e. The van der Waals surface area contributed by atoms with Crippen LogP contribution in [-0.4, -0.2) is 62.3 Å². The lowest BCUT2D eigenvalue weighted by Gasteiger charge is -2.46. The van der Waals surface area contributed by atoms with Crippen LogP contribution in [0.3, 0.4) is 0 Å². The van der Waals surface area contributed by atoms with Gasteiger partial charge in [0.05, 0.1) is 17.0 Å². The van der Waals surface area contributed by atoms with Crippen molar-refractivity contribution in [2.24, 2.45) is 0 Å². The molecule has 0 aromatic heterocycles. The van der Waals surface area contributed by atoms with Crippen LogP contribution in [0.4, 0.5) is 10.1 Å². The fraction of sp³-hybridized carbons (Fsp3) is 0.350. The highest BCUT2D eigenvalue weighted by Crippen LogP contribution is 2.35. The number of sulfonamides is 1. The average Bonchev–Trinajstić information content (AvgIpc) is 3.12. The molecule has 28 heavy (non-hydrogen) atoms. The van der Waals surface area contributed by atoms with Crippen LogP contribution < -0.4 is 4.90 Å². The number of hydrogen-bond acceptors (Lipinski definition) is 4. The van der Waals surface area contributed by atoms with Gasteiger partial charge in [0.25, 0.3) is 0 Å². The predicted octanol–water partition coefficient (Wildman–Crippen LogP) is 1.94. The third-order valence-electron chi connectivity index (χ3n) is 5.73. The van der Waals surface area contributed by atoms with Crippen LogP contribution in [0.2, 0.25) is 0 Å². The fourth-order valence-electron chi connectivity index (χ4n) is 4.04. The summed E-state index contributed by atoms with van der Waals surface area (Å²) < 4.78 is 40.9. The first-order valence-electron chi connectivity index (χ1n) is 9.14. The summed E-state index contributed by atoms with van der Waals surface area (Å²) in [4.78, 5) is 16.2. The van der Waals surface area contributed by atoms with E-state index in [1.165, 1.54) is 22.5 Å². The summed E-state index contributed by atoms with van der Waals surface area (Å²) in [7, 11) is -1.93. The second-order valence-corrected chi connectivity index (χ2v) is 9.38. The SMILES string of the molecule is CN1CC(=O)N(c2ccccc2)C[C@]12CCN(S(=O)(=O)c1cccc(F)c1)C2. The second kappa shape index (κ2) is 6.95. The normalized spacial score (nSPS) is 24.2. The second-order valence-electron chi connectivity index (χ2n) is 7.44. The highest BCUT2D eigenvalue weighted by Gasteiger charge is 2.50. The molecule has 2 heterocycles. The maximum absolute atomic E-state index is 13.5. The number of likely N-dealkylation sites (N-methyl/N-ethyl adjacent to an activating group) is 1.